The number of aromatic nitrogens is 2. The van der Waals surface area contributed by atoms with Gasteiger partial charge in [0.25, 0.3) is 0 Å². The SMILES string of the molecule is CC(C)c1noc(CN2CCN(CC(=O)Nc3ccc(N4CCOCC4)cc3)CC2)n1. The Morgan fingerprint density at radius 1 is 1.03 bits per heavy atom. The van der Waals surface area contributed by atoms with E-state index in [-0.39, 0.29) is 11.8 Å². The molecule has 0 unspecified atom stereocenters. The molecule has 0 aliphatic carbocycles. The van der Waals surface area contributed by atoms with Crippen LogP contribution in [0.1, 0.15) is 31.5 Å². The topological polar surface area (TPSA) is 87.0 Å². The lowest BCUT2D eigenvalue weighted by Gasteiger charge is -2.33. The lowest BCUT2D eigenvalue weighted by Crippen LogP contribution is -2.48. The standard InChI is InChI=1S/C22H32N6O3/c1-17(2)22-24-21(31-25-22)16-27-9-7-26(8-10-27)15-20(29)23-18-3-5-19(6-4-18)28-11-13-30-14-12-28/h3-6,17H,7-16H2,1-2H3,(H,23,29). The largest absolute Gasteiger partial charge is 0.378 e. The molecule has 2 saturated heterocycles. The van der Waals surface area contributed by atoms with Gasteiger partial charge in [0, 0.05) is 56.6 Å². The van der Waals surface area contributed by atoms with Crippen molar-refractivity contribution in [3.05, 3.63) is 36.0 Å². The van der Waals surface area contributed by atoms with Gasteiger partial charge in [-0.1, -0.05) is 19.0 Å². The average molecular weight is 429 g/mol. The van der Waals surface area contributed by atoms with E-state index < -0.39 is 0 Å². The van der Waals surface area contributed by atoms with Gasteiger partial charge in [-0.2, -0.15) is 4.98 Å². The predicted octanol–water partition coefficient (Wildman–Crippen LogP) is 1.79. The summed E-state index contributed by atoms with van der Waals surface area (Å²) in [5.74, 6) is 1.70. The van der Waals surface area contributed by atoms with Crippen LogP contribution in [0, 0.1) is 0 Å². The zero-order valence-electron chi connectivity index (χ0n) is 18.4. The number of ether oxygens (including phenoxy) is 1. The number of carbonyl (C=O) groups excluding carboxylic acids is 1. The van der Waals surface area contributed by atoms with Crippen LogP contribution in [0.15, 0.2) is 28.8 Å². The van der Waals surface area contributed by atoms with Gasteiger partial charge in [-0.3, -0.25) is 14.6 Å². The highest BCUT2D eigenvalue weighted by molar-refractivity contribution is 5.92. The highest BCUT2D eigenvalue weighted by atomic mass is 16.5. The first kappa shape index (κ1) is 21.7. The number of nitrogens with zero attached hydrogens (tertiary/aromatic N) is 5. The number of benzene rings is 1. The molecule has 2 aliphatic rings. The van der Waals surface area contributed by atoms with Crippen LogP contribution in [0.3, 0.4) is 0 Å². The van der Waals surface area contributed by atoms with Crippen molar-refractivity contribution < 1.29 is 14.1 Å². The van der Waals surface area contributed by atoms with Crippen LogP contribution in [-0.4, -0.2) is 84.9 Å². The third-order valence-electron chi connectivity index (χ3n) is 5.72. The Hall–Kier alpha value is -2.49. The minimum Gasteiger partial charge on any atom is -0.378 e. The molecule has 2 aromatic rings. The maximum absolute atomic E-state index is 12.5. The second-order valence-electron chi connectivity index (χ2n) is 8.45. The minimum atomic E-state index is 0.0195. The van der Waals surface area contributed by atoms with E-state index in [1.165, 1.54) is 5.69 Å². The highest BCUT2D eigenvalue weighted by Gasteiger charge is 2.21. The summed E-state index contributed by atoms with van der Waals surface area (Å²) in [6.07, 6.45) is 0. The number of piperazine rings is 1. The Labute approximate surface area is 183 Å². The number of hydrogen-bond acceptors (Lipinski definition) is 8. The molecular formula is C22H32N6O3. The lowest BCUT2D eigenvalue weighted by molar-refractivity contribution is -0.117. The van der Waals surface area contributed by atoms with Crippen molar-refractivity contribution in [1.29, 1.82) is 0 Å². The fraction of sp³-hybridized carbons (Fsp3) is 0.591. The van der Waals surface area contributed by atoms with Crippen molar-refractivity contribution in [2.75, 3.05) is 69.2 Å². The Morgan fingerprint density at radius 3 is 2.35 bits per heavy atom. The monoisotopic (exact) mass is 428 g/mol. The first-order chi connectivity index (χ1) is 15.1. The van der Waals surface area contributed by atoms with Gasteiger partial charge < -0.3 is 19.5 Å². The van der Waals surface area contributed by atoms with E-state index in [0.717, 1.165) is 64.0 Å². The molecule has 4 rings (SSSR count). The van der Waals surface area contributed by atoms with Gasteiger partial charge in [-0.15, -0.1) is 0 Å². The van der Waals surface area contributed by atoms with E-state index >= 15 is 0 Å². The molecule has 1 N–H and O–H groups in total. The fourth-order valence-electron chi connectivity index (χ4n) is 3.84. The van der Waals surface area contributed by atoms with E-state index in [4.69, 9.17) is 9.26 Å². The minimum absolute atomic E-state index is 0.0195. The summed E-state index contributed by atoms with van der Waals surface area (Å²) in [5, 5.41) is 7.04. The van der Waals surface area contributed by atoms with Crippen LogP contribution in [0.25, 0.3) is 0 Å². The molecule has 0 radical (unpaired) electrons. The average Bonchev–Trinajstić information content (AvgIpc) is 3.25. The van der Waals surface area contributed by atoms with Gasteiger partial charge in [0.15, 0.2) is 5.82 Å². The number of rotatable bonds is 7. The van der Waals surface area contributed by atoms with E-state index in [1.54, 1.807) is 0 Å². The van der Waals surface area contributed by atoms with Crippen LogP contribution in [0.2, 0.25) is 0 Å². The molecule has 0 bridgehead atoms. The van der Waals surface area contributed by atoms with Crippen molar-refractivity contribution in [1.82, 2.24) is 19.9 Å². The van der Waals surface area contributed by atoms with E-state index in [1.807, 2.05) is 12.1 Å². The normalized spacial score (nSPS) is 18.5. The summed E-state index contributed by atoms with van der Waals surface area (Å²) in [6, 6.07) is 8.05. The van der Waals surface area contributed by atoms with Crippen molar-refractivity contribution >= 4 is 17.3 Å². The number of morpholine rings is 1. The maximum atomic E-state index is 12.5. The zero-order valence-corrected chi connectivity index (χ0v) is 18.4. The highest BCUT2D eigenvalue weighted by Crippen LogP contribution is 2.19. The molecule has 0 spiro atoms. The van der Waals surface area contributed by atoms with Crippen molar-refractivity contribution in [2.24, 2.45) is 0 Å². The van der Waals surface area contributed by atoms with Gasteiger partial charge >= 0.3 is 0 Å². The Morgan fingerprint density at radius 2 is 1.71 bits per heavy atom. The van der Waals surface area contributed by atoms with Crippen LogP contribution in [0.4, 0.5) is 11.4 Å². The fourth-order valence-corrected chi connectivity index (χ4v) is 3.84. The summed E-state index contributed by atoms with van der Waals surface area (Å²) >= 11 is 0. The van der Waals surface area contributed by atoms with Crippen LogP contribution in [0.5, 0.6) is 0 Å². The number of nitrogens with one attached hydrogen (secondary N) is 1. The van der Waals surface area contributed by atoms with Gasteiger partial charge in [0.2, 0.25) is 11.8 Å². The molecule has 1 amide bonds. The van der Waals surface area contributed by atoms with Crippen LogP contribution >= 0.6 is 0 Å². The van der Waals surface area contributed by atoms with Crippen LogP contribution < -0.4 is 10.2 Å². The summed E-state index contributed by atoms with van der Waals surface area (Å²) in [5.41, 5.74) is 2.00. The lowest BCUT2D eigenvalue weighted by atomic mass is 10.2. The summed E-state index contributed by atoms with van der Waals surface area (Å²) in [6.45, 7) is 11.9. The Bertz CT molecular complexity index is 839. The predicted molar refractivity (Wildman–Crippen MR) is 118 cm³/mol. The Balaban J connectivity index is 1.19. The van der Waals surface area contributed by atoms with Gasteiger partial charge in [0.05, 0.1) is 26.3 Å². The summed E-state index contributed by atoms with van der Waals surface area (Å²) in [4.78, 5) is 23.7. The Kier molecular flexibility index (Phi) is 7.16. The van der Waals surface area contributed by atoms with Gasteiger partial charge in [-0.05, 0) is 24.3 Å². The van der Waals surface area contributed by atoms with Crippen molar-refractivity contribution in [3.63, 3.8) is 0 Å². The molecule has 9 heteroatoms. The molecule has 1 aromatic heterocycles. The molecule has 0 atom stereocenters. The quantitative estimate of drug-likeness (QED) is 0.714. The number of carbonyl (C=O) groups is 1. The molecule has 9 nitrogen and oxygen atoms in total. The van der Waals surface area contributed by atoms with Gasteiger partial charge in [0.1, 0.15) is 0 Å². The zero-order chi connectivity index (χ0) is 21.6. The van der Waals surface area contributed by atoms with Crippen LogP contribution in [-0.2, 0) is 16.1 Å². The maximum Gasteiger partial charge on any atom is 0.240 e. The molecule has 168 valence electrons. The summed E-state index contributed by atoms with van der Waals surface area (Å²) in [7, 11) is 0. The number of hydrogen-bond donors (Lipinski definition) is 1. The second kappa shape index (κ2) is 10.2. The smallest absolute Gasteiger partial charge is 0.240 e. The summed E-state index contributed by atoms with van der Waals surface area (Å²) < 4.78 is 10.7. The molecule has 3 heterocycles. The van der Waals surface area contributed by atoms with E-state index in [9.17, 15) is 4.79 Å². The number of anilines is 2. The van der Waals surface area contributed by atoms with Crippen molar-refractivity contribution in [2.45, 2.75) is 26.3 Å². The molecule has 2 fully saturated rings. The first-order valence-corrected chi connectivity index (χ1v) is 11.1. The second-order valence-corrected chi connectivity index (χ2v) is 8.45. The van der Waals surface area contributed by atoms with Crippen molar-refractivity contribution in [3.8, 4) is 0 Å². The third-order valence-corrected chi connectivity index (χ3v) is 5.72. The molecule has 0 saturated carbocycles. The van der Waals surface area contributed by atoms with E-state index in [2.05, 4.69) is 56.1 Å². The molecule has 2 aliphatic heterocycles. The molecular weight excluding hydrogens is 396 g/mol. The molecule has 31 heavy (non-hydrogen) atoms. The van der Waals surface area contributed by atoms with E-state index in [0.29, 0.717) is 19.0 Å². The third kappa shape index (κ3) is 6.03. The molecule has 1 aromatic carbocycles. The number of amides is 1. The van der Waals surface area contributed by atoms with Gasteiger partial charge in [-0.25, -0.2) is 0 Å². The first-order valence-electron chi connectivity index (χ1n) is 11.1.